The Hall–Kier alpha value is -1.32. The smallest absolute Gasteiger partial charge is 0.246 e. The second-order valence-electron chi connectivity index (χ2n) is 3.89. The van der Waals surface area contributed by atoms with Crippen molar-refractivity contribution in [3.63, 3.8) is 0 Å². The number of piperazine rings is 1. The van der Waals surface area contributed by atoms with Gasteiger partial charge >= 0.3 is 0 Å². The van der Waals surface area contributed by atoms with Crippen LogP contribution in [0.3, 0.4) is 0 Å². The van der Waals surface area contributed by atoms with E-state index in [0.29, 0.717) is 12.5 Å². The van der Waals surface area contributed by atoms with Crippen LogP contribution < -0.4 is 5.32 Å². The van der Waals surface area contributed by atoms with Crippen LogP contribution in [0.15, 0.2) is 12.7 Å². The Morgan fingerprint density at radius 2 is 2.21 bits per heavy atom. The number of carbonyl (C=O) groups is 2. The number of rotatable bonds is 3. The average molecular weight is 194 g/mol. The van der Waals surface area contributed by atoms with Gasteiger partial charge in [-0.25, -0.2) is 0 Å². The van der Waals surface area contributed by atoms with E-state index >= 15 is 0 Å². The fourth-order valence-electron chi connectivity index (χ4n) is 1.79. The molecular formula is C10H14N2O2. The zero-order valence-corrected chi connectivity index (χ0v) is 8.03. The summed E-state index contributed by atoms with van der Waals surface area (Å²) in [6, 6.07) is -0.267. The fraction of sp³-hybridized carbons (Fsp3) is 0.600. The third-order valence-corrected chi connectivity index (χ3v) is 2.67. The molecule has 4 heteroatoms. The van der Waals surface area contributed by atoms with Crippen molar-refractivity contribution in [1.29, 1.82) is 0 Å². The zero-order chi connectivity index (χ0) is 10.1. The van der Waals surface area contributed by atoms with E-state index in [-0.39, 0.29) is 24.4 Å². The molecule has 1 aliphatic carbocycles. The van der Waals surface area contributed by atoms with E-state index in [2.05, 4.69) is 11.9 Å². The van der Waals surface area contributed by atoms with E-state index in [4.69, 9.17) is 0 Å². The molecule has 1 saturated heterocycles. The van der Waals surface area contributed by atoms with Gasteiger partial charge in [0.1, 0.15) is 6.04 Å². The summed E-state index contributed by atoms with van der Waals surface area (Å²) in [7, 11) is 0. The Morgan fingerprint density at radius 3 is 2.79 bits per heavy atom. The summed E-state index contributed by atoms with van der Waals surface area (Å²) in [5.41, 5.74) is 0. The Kier molecular flexibility index (Phi) is 2.27. The van der Waals surface area contributed by atoms with Gasteiger partial charge in [0.05, 0.1) is 6.54 Å². The van der Waals surface area contributed by atoms with E-state index in [1.54, 1.807) is 11.0 Å². The second kappa shape index (κ2) is 3.44. The zero-order valence-electron chi connectivity index (χ0n) is 8.03. The number of amides is 2. The van der Waals surface area contributed by atoms with Gasteiger partial charge in [0, 0.05) is 6.54 Å². The molecule has 1 aliphatic heterocycles. The highest BCUT2D eigenvalue weighted by atomic mass is 16.2. The summed E-state index contributed by atoms with van der Waals surface area (Å²) in [5.74, 6) is 0.370. The van der Waals surface area contributed by atoms with Crippen molar-refractivity contribution in [3.8, 4) is 0 Å². The molecule has 0 aromatic heterocycles. The van der Waals surface area contributed by atoms with Crippen LogP contribution in [0.5, 0.6) is 0 Å². The van der Waals surface area contributed by atoms with Crippen LogP contribution in [0.1, 0.15) is 12.8 Å². The second-order valence-corrected chi connectivity index (χ2v) is 3.89. The van der Waals surface area contributed by atoms with Crippen molar-refractivity contribution < 1.29 is 9.59 Å². The van der Waals surface area contributed by atoms with E-state index in [9.17, 15) is 9.59 Å². The molecule has 1 atom stereocenters. The largest absolute Gasteiger partial charge is 0.342 e. The maximum atomic E-state index is 11.8. The molecule has 0 spiro atoms. The highest BCUT2D eigenvalue weighted by Gasteiger charge is 2.42. The predicted molar refractivity (Wildman–Crippen MR) is 51.4 cm³/mol. The molecule has 2 fully saturated rings. The molecule has 2 amide bonds. The maximum Gasteiger partial charge on any atom is 0.246 e. The molecule has 0 radical (unpaired) electrons. The molecule has 4 nitrogen and oxygen atoms in total. The molecule has 2 aliphatic rings. The molecule has 0 bridgehead atoms. The highest BCUT2D eigenvalue weighted by molar-refractivity contribution is 5.95. The first-order valence-electron chi connectivity index (χ1n) is 4.91. The minimum absolute atomic E-state index is 0.0481. The normalized spacial score (nSPS) is 27.4. The maximum absolute atomic E-state index is 11.8. The van der Waals surface area contributed by atoms with Crippen LogP contribution in [-0.4, -0.2) is 35.8 Å². The quantitative estimate of drug-likeness (QED) is 0.638. The Bertz CT molecular complexity index is 284. The molecule has 2 rings (SSSR count). The molecule has 1 unspecified atom stereocenters. The Labute approximate surface area is 83.0 Å². The summed E-state index contributed by atoms with van der Waals surface area (Å²) < 4.78 is 0. The molecule has 0 aromatic carbocycles. The van der Waals surface area contributed by atoms with Gasteiger partial charge in [-0.1, -0.05) is 6.08 Å². The highest BCUT2D eigenvalue weighted by Crippen LogP contribution is 2.34. The molecule has 1 heterocycles. The van der Waals surface area contributed by atoms with Gasteiger partial charge in [0.15, 0.2) is 0 Å². The summed E-state index contributed by atoms with van der Waals surface area (Å²) in [6.07, 6.45) is 3.76. The summed E-state index contributed by atoms with van der Waals surface area (Å²) in [6.45, 7) is 4.22. The van der Waals surface area contributed by atoms with Crippen LogP contribution in [0.4, 0.5) is 0 Å². The van der Waals surface area contributed by atoms with Gasteiger partial charge in [0.25, 0.3) is 0 Å². The van der Waals surface area contributed by atoms with Crippen LogP contribution in [-0.2, 0) is 9.59 Å². The standard InChI is InChI=1S/C10H14N2O2/c1-2-5-12-6-8(13)11-9(10(12)14)7-3-4-7/h2,7,9H,1,3-6H2,(H,11,13). The van der Waals surface area contributed by atoms with Gasteiger partial charge in [-0.05, 0) is 18.8 Å². The lowest BCUT2D eigenvalue weighted by Gasteiger charge is -2.31. The van der Waals surface area contributed by atoms with Crippen LogP contribution in [0.25, 0.3) is 0 Å². The summed E-state index contributed by atoms with van der Waals surface area (Å²) >= 11 is 0. The molecular weight excluding hydrogens is 180 g/mol. The third kappa shape index (κ3) is 1.64. The van der Waals surface area contributed by atoms with Gasteiger partial charge in [0.2, 0.25) is 11.8 Å². The van der Waals surface area contributed by atoms with Gasteiger partial charge < -0.3 is 10.2 Å². The number of nitrogens with one attached hydrogen (secondary N) is 1. The molecule has 0 aromatic rings. The van der Waals surface area contributed by atoms with Crippen LogP contribution >= 0.6 is 0 Å². The SMILES string of the molecule is C=CCN1CC(=O)NC(C2CC2)C1=O. The lowest BCUT2D eigenvalue weighted by Crippen LogP contribution is -2.58. The number of hydrogen-bond acceptors (Lipinski definition) is 2. The molecule has 1 saturated carbocycles. The molecule has 14 heavy (non-hydrogen) atoms. The molecule has 76 valence electrons. The summed E-state index contributed by atoms with van der Waals surface area (Å²) in [5, 5.41) is 2.75. The van der Waals surface area contributed by atoms with E-state index < -0.39 is 0 Å². The van der Waals surface area contributed by atoms with E-state index in [1.807, 2.05) is 0 Å². The van der Waals surface area contributed by atoms with Crippen molar-refractivity contribution >= 4 is 11.8 Å². The van der Waals surface area contributed by atoms with Crippen molar-refractivity contribution in [2.45, 2.75) is 18.9 Å². The predicted octanol–water partition coefficient (Wildman–Crippen LogP) is -0.0906. The third-order valence-electron chi connectivity index (χ3n) is 2.67. The van der Waals surface area contributed by atoms with Crippen molar-refractivity contribution in [2.24, 2.45) is 5.92 Å². The van der Waals surface area contributed by atoms with Crippen molar-refractivity contribution in [3.05, 3.63) is 12.7 Å². The minimum Gasteiger partial charge on any atom is -0.342 e. The summed E-state index contributed by atoms with van der Waals surface area (Å²) in [4.78, 5) is 24.7. The van der Waals surface area contributed by atoms with Crippen molar-refractivity contribution in [2.75, 3.05) is 13.1 Å². The average Bonchev–Trinajstić information content (AvgIpc) is 2.94. The van der Waals surface area contributed by atoms with Gasteiger partial charge in [-0.2, -0.15) is 0 Å². The van der Waals surface area contributed by atoms with Crippen molar-refractivity contribution in [1.82, 2.24) is 10.2 Å². The number of hydrogen-bond donors (Lipinski definition) is 1. The van der Waals surface area contributed by atoms with Gasteiger partial charge in [-0.15, -0.1) is 6.58 Å². The topological polar surface area (TPSA) is 49.4 Å². The lowest BCUT2D eigenvalue weighted by atomic mass is 10.1. The minimum atomic E-state index is -0.267. The van der Waals surface area contributed by atoms with Gasteiger partial charge in [-0.3, -0.25) is 9.59 Å². The first-order chi connectivity index (χ1) is 6.72. The first kappa shape index (κ1) is 9.24. The number of carbonyl (C=O) groups excluding carboxylic acids is 2. The first-order valence-corrected chi connectivity index (χ1v) is 4.91. The molecule has 1 N–H and O–H groups in total. The monoisotopic (exact) mass is 194 g/mol. The Morgan fingerprint density at radius 1 is 1.50 bits per heavy atom. The fourth-order valence-corrected chi connectivity index (χ4v) is 1.79. The lowest BCUT2D eigenvalue weighted by molar-refractivity contribution is -0.144. The van der Waals surface area contributed by atoms with E-state index in [1.165, 1.54) is 0 Å². The van der Waals surface area contributed by atoms with E-state index in [0.717, 1.165) is 12.8 Å². The van der Waals surface area contributed by atoms with Crippen LogP contribution in [0, 0.1) is 5.92 Å². The Balaban J connectivity index is 2.07. The number of nitrogens with zero attached hydrogens (tertiary/aromatic N) is 1. The van der Waals surface area contributed by atoms with Crippen LogP contribution in [0.2, 0.25) is 0 Å².